The Hall–Kier alpha value is -1.37. The molecule has 0 saturated carbocycles. The van der Waals surface area contributed by atoms with Gasteiger partial charge >= 0.3 is 0 Å². The first kappa shape index (κ1) is 12.7. The Labute approximate surface area is 115 Å². The second kappa shape index (κ2) is 4.63. The minimum Gasteiger partial charge on any atom is -0.372 e. The van der Waals surface area contributed by atoms with Gasteiger partial charge in [0.1, 0.15) is 6.04 Å². The largest absolute Gasteiger partial charge is 0.372 e. The van der Waals surface area contributed by atoms with Crippen LogP contribution in [0.25, 0.3) is 0 Å². The summed E-state index contributed by atoms with van der Waals surface area (Å²) in [5, 5.41) is 13.4. The molecule has 3 rings (SSSR count). The van der Waals surface area contributed by atoms with Gasteiger partial charge < -0.3 is 5.11 Å². The van der Waals surface area contributed by atoms with Gasteiger partial charge in [-0.15, -0.1) is 0 Å². The smallest absolute Gasteiger partial charge is 0.268 e. The van der Waals surface area contributed by atoms with E-state index in [4.69, 9.17) is 0 Å². The van der Waals surface area contributed by atoms with Crippen LogP contribution in [0.4, 0.5) is 0 Å². The molecule has 19 heavy (non-hydrogen) atoms. The molecule has 1 amide bonds. The molecule has 0 aliphatic carbocycles. The minimum atomic E-state index is -0.933. The normalized spacial score (nSPS) is 26.2. The molecule has 0 bridgehead atoms. The summed E-state index contributed by atoms with van der Waals surface area (Å²) in [6.45, 7) is 0.473. The van der Waals surface area contributed by atoms with E-state index in [1.54, 1.807) is 30.5 Å². The summed E-state index contributed by atoms with van der Waals surface area (Å²) in [4.78, 5) is 24.3. The number of hydrogen-bond acceptors (Lipinski definition) is 5. The van der Waals surface area contributed by atoms with Crippen LogP contribution in [-0.2, 0) is 4.79 Å². The molecule has 1 N–H and O–H groups in total. The summed E-state index contributed by atoms with van der Waals surface area (Å²) in [7, 11) is 0. The van der Waals surface area contributed by atoms with E-state index in [-0.39, 0.29) is 11.0 Å². The number of amides is 1. The second-order valence-electron chi connectivity index (χ2n) is 4.60. The van der Waals surface area contributed by atoms with Crippen LogP contribution < -0.4 is 0 Å². The van der Waals surface area contributed by atoms with Gasteiger partial charge in [-0.25, -0.2) is 0 Å². The van der Waals surface area contributed by atoms with Crippen LogP contribution in [0.15, 0.2) is 24.3 Å². The maximum Gasteiger partial charge on any atom is 0.268 e. The van der Waals surface area contributed by atoms with Crippen molar-refractivity contribution >= 4 is 22.8 Å². The third kappa shape index (κ3) is 1.79. The molecule has 0 radical (unpaired) electrons. The lowest BCUT2D eigenvalue weighted by Crippen LogP contribution is -2.52. The van der Waals surface area contributed by atoms with E-state index in [9.17, 15) is 14.7 Å². The lowest BCUT2D eigenvalue weighted by molar-refractivity contribution is -0.139. The number of fused-ring (bicyclic) bond motifs is 2. The van der Waals surface area contributed by atoms with Crippen molar-refractivity contribution < 1.29 is 14.7 Å². The molecule has 2 unspecified atom stereocenters. The molecule has 1 saturated heterocycles. The van der Waals surface area contributed by atoms with Crippen LogP contribution in [0.1, 0.15) is 28.6 Å². The lowest BCUT2D eigenvalue weighted by atomic mass is 10.0. The highest BCUT2D eigenvalue weighted by Gasteiger charge is 2.47. The fourth-order valence-electron chi connectivity index (χ4n) is 2.73. The summed E-state index contributed by atoms with van der Waals surface area (Å²) in [6, 6.07) is 6.57. The number of benzene rings is 1. The Morgan fingerprint density at radius 3 is 2.89 bits per heavy atom. The zero-order chi connectivity index (χ0) is 13.6. The number of rotatable bonds is 1. The molecule has 0 spiro atoms. The van der Waals surface area contributed by atoms with Crippen molar-refractivity contribution in [2.75, 3.05) is 12.8 Å². The molecular formula is C13H14N2O3S. The summed E-state index contributed by atoms with van der Waals surface area (Å²) >= 11 is 1.13. The molecule has 2 aliphatic heterocycles. The van der Waals surface area contributed by atoms with Crippen molar-refractivity contribution in [3.8, 4) is 0 Å². The highest BCUT2D eigenvalue weighted by atomic mass is 32.2. The van der Waals surface area contributed by atoms with Crippen LogP contribution >= 0.6 is 11.8 Å². The summed E-state index contributed by atoms with van der Waals surface area (Å²) < 4.78 is 0. The van der Waals surface area contributed by atoms with E-state index in [0.29, 0.717) is 24.1 Å². The highest BCUT2D eigenvalue weighted by molar-refractivity contribution is 8.13. The van der Waals surface area contributed by atoms with Gasteiger partial charge in [0, 0.05) is 17.7 Å². The van der Waals surface area contributed by atoms with E-state index in [1.165, 1.54) is 10.0 Å². The zero-order valence-corrected chi connectivity index (χ0v) is 11.3. The van der Waals surface area contributed by atoms with E-state index < -0.39 is 12.3 Å². The Morgan fingerprint density at radius 1 is 1.42 bits per heavy atom. The standard InChI is InChI=1S/C13H14N2O3S/c1-19-13(18)10-6-7-14-11(16)8-4-2-3-5-9(8)12(17)15(10)14/h2-5,10,12,17H,6-7H2,1H3. The summed E-state index contributed by atoms with van der Waals surface area (Å²) in [5.41, 5.74) is 1.09. The lowest BCUT2D eigenvalue weighted by Gasteiger charge is -2.39. The first-order chi connectivity index (χ1) is 9.15. The van der Waals surface area contributed by atoms with Gasteiger partial charge in [-0.1, -0.05) is 30.0 Å². The van der Waals surface area contributed by atoms with Crippen molar-refractivity contribution in [1.29, 1.82) is 0 Å². The molecular weight excluding hydrogens is 264 g/mol. The Bertz CT molecular complexity index is 548. The zero-order valence-electron chi connectivity index (χ0n) is 10.4. The second-order valence-corrected chi connectivity index (χ2v) is 5.41. The molecule has 1 fully saturated rings. The van der Waals surface area contributed by atoms with Gasteiger partial charge in [0.25, 0.3) is 5.91 Å². The van der Waals surface area contributed by atoms with Crippen LogP contribution in [0, 0.1) is 0 Å². The van der Waals surface area contributed by atoms with Crippen molar-refractivity contribution in [3.63, 3.8) is 0 Å². The Balaban J connectivity index is 2.04. The third-order valence-corrected chi connectivity index (χ3v) is 4.31. The first-order valence-corrected chi connectivity index (χ1v) is 7.32. The Kier molecular flexibility index (Phi) is 3.08. The van der Waals surface area contributed by atoms with Crippen molar-refractivity contribution in [1.82, 2.24) is 10.0 Å². The number of hydrogen-bond donors (Lipinski definition) is 1. The molecule has 6 heteroatoms. The molecule has 2 atom stereocenters. The number of nitrogens with zero attached hydrogens (tertiary/aromatic N) is 2. The van der Waals surface area contributed by atoms with Crippen molar-refractivity contribution in [3.05, 3.63) is 35.4 Å². The van der Waals surface area contributed by atoms with Gasteiger partial charge in [-0.05, 0) is 18.7 Å². The van der Waals surface area contributed by atoms with Crippen molar-refractivity contribution in [2.45, 2.75) is 18.7 Å². The summed E-state index contributed by atoms with van der Waals surface area (Å²) in [6.07, 6.45) is 1.35. The number of carbonyl (C=O) groups is 2. The summed E-state index contributed by atoms with van der Waals surface area (Å²) in [5.74, 6) is -0.141. The molecule has 2 heterocycles. The highest BCUT2D eigenvalue weighted by Crippen LogP contribution is 2.37. The van der Waals surface area contributed by atoms with Crippen LogP contribution in [-0.4, -0.2) is 45.0 Å². The fourth-order valence-corrected chi connectivity index (χ4v) is 3.23. The maximum absolute atomic E-state index is 12.4. The van der Waals surface area contributed by atoms with E-state index in [0.717, 1.165) is 11.8 Å². The molecule has 1 aromatic carbocycles. The average Bonchev–Trinajstić information content (AvgIpc) is 2.89. The van der Waals surface area contributed by atoms with Crippen LogP contribution in [0.5, 0.6) is 0 Å². The topological polar surface area (TPSA) is 60.9 Å². The van der Waals surface area contributed by atoms with Crippen LogP contribution in [0.3, 0.4) is 0 Å². The fraction of sp³-hybridized carbons (Fsp3) is 0.385. The van der Waals surface area contributed by atoms with Gasteiger partial charge in [-0.3, -0.25) is 14.6 Å². The molecule has 5 nitrogen and oxygen atoms in total. The predicted octanol–water partition coefficient (Wildman–Crippen LogP) is 1.01. The number of aliphatic hydroxyl groups excluding tert-OH is 1. The van der Waals surface area contributed by atoms with Crippen LogP contribution in [0.2, 0.25) is 0 Å². The molecule has 1 aromatic rings. The SMILES string of the molecule is CSC(=O)C1CCN2C(=O)c3ccccc3C(O)N12. The molecule has 0 aromatic heterocycles. The van der Waals surface area contributed by atoms with Crippen molar-refractivity contribution in [2.24, 2.45) is 0 Å². The molecule has 2 aliphatic rings. The predicted molar refractivity (Wildman–Crippen MR) is 71.2 cm³/mol. The number of thioether (sulfide) groups is 1. The quantitative estimate of drug-likeness (QED) is 0.831. The van der Waals surface area contributed by atoms with E-state index in [1.807, 2.05) is 0 Å². The number of hydrazine groups is 1. The van der Waals surface area contributed by atoms with Gasteiger partial charge in [-0.2, -0.15) is 5.01 Å². The monoisotopic (exact) mass is 278 g/mol. The molecule has 100 valence electrons. The number of carbonyl (C=O) groups excluding carboxylic acids is 2. The van der Waals surface area contributed by atoms with Gasteiger partial charge in [0.2, 0.25) is 5.12 Å². The van der Waals surface area contributed by atoms with E-state index >= 15 is 0 Å². The van der Waals surface area contributed by atoms with E-state index in [2.05, 4.69) is 0 Å². The van der Waals surface area contributed by atoms with Gasteiger partial charge in [0.05, 0.1) is 0 Å². The number of aliphatic hydroxyl groups is 1. The average molecular weight is 278 g/mol. The minimum absolute atomic E-state index is 0.0197. The first-order valence-electron chi connectivity index (χ1n) is 6.10. The van der Waals surface area contributed by atoms with Gasteiger partial charge in [0.15, 0.2) is 6.23 Å². The Morgan fingerprint density at radius 2 is 2.16 bits per heavy atom. The maximum atomic E-state index is 12.4. The third-order valence-electron chi connectivity index (χ3n) is 3.64.